The molecule has 0 radical (unpaired) electrons. The molecule has 2 N–H and O–H groups in total. The summed E-state index contributed by atoms with van der Waals surface area (Å²) in [5, 5.41) is 14.8. The Morgan fingerprint density at radius 1 is 1.38 bits per heavy atom. The van der Waals surface area contributed by atoms with Crippen molar-refractivity contribution in [2.45, 2.75) is 0 Å². The van der Waals surface area contributed by atoms with E-state index >= 15 is 0 Å². The number of methoxy groups -OCH3 is 1. The van der Waals surface area contributed by atoms with Gasteiger partial charge < -0.3 is 20.1 Å². The van der Waals surface area contributed by atoms with Gasteiger partial charge in [0.05, 0.1) is 20.3 Å². The Hall–Kier alpha value is -2.56. The van der Waals surface area contributed by atoms with Crippen LogP contribution in [0.3, 0.4) is 0 Å². The summed E-state index contributed by atoms with van der Waals surface area (Å²) in [6, 6.07) is 9.12. The molecule has 1 heterocycles. The highest BCUT2D eigenvalue weighted by Gasteiger charge is 2.12. The summed E-state index contributed by atoms with van der Waals surface area (Å²) >= 11 is 0. The van der Waals surface area contributed by atoms with Crippen molar-refractivity contribution in [1.82, 2.24) is 10.2 Å². The lowest BCUT2D eigenvalue weighted by Gasteiger charge is -2.26. The van der Waals surface area contributed by atoms with E-state index in [-0.39, 0.29) is 11.5 Å². The number of amides is 1. The van der Waals surface area contributed by atoms with Crippen LogP contribution in [0, 0.1) is 11.3 Å². The van der Waals surface area contributed by atoms with Crippen LogP contribution in [0.5, 0.6) is 5.75 Å². The third kappa shape index (κ3) is 5.57. The molecule has 1 aliphatic heterocycles. The lowest BCUT2D eigenvalue weighted by atomic mass is 10.2. The number of carbonyl (C=O) groups is 1. The Bertz CT molecular complexity index is 601. The second kappa shape index (κ2) is 9.55. The van der Waals surface area contributed by atoms with Crippen molar-refractivity contribution in [3.63, 3.8) is 0 Å². The van der Waals surface area contributed by atoms with E-state index in [1.165, 1.54) is 6.20 Å². The van der Waals surface area contributed by atoms with Crippen molar-refractivity contribution in [1.29, 1.82) is 5.26 Å². The van der Waals surface area contributed by atoms with Gasteiger partial charge in [-0.2, -0.15) is 5.26 Å². The summed E-state index contributed by atoms with van der Waals surface area (Å²) in [6.07, 6.45) is 1.41. The summed E-state index contributed by atoms with van der Waals surface area (Å²) in [7, 11) is 1.59. The number of nitrogens with zero attached hydrogens (tertiary/aromatic N) is 2. The van der Waals surface area contributed by atoms with Crippen LogP contribution < -0.4 is 15.4 Å². The lowest BCUT2D eigenvalue weighted by molar-refractivity contribution is -0.117. The normalized spacial score (nSPS) is 15.4. The zero-order valence-corrected chi connectivity index (χ0v) is 13.7. The minimum absolute atomic E-state index is 0.0350. The molecule has 1 fully saturated rings. The number of anilines is 1. The molecule has 2 rings (SSSR count). The smallest absolute Gasteiger partial charge is 0.263 e. The first-order chi connectivity index (χ1) is 11.7. The molecule has 0 unspecified atom stereocenters. The average Bonchev–Trinajstić information content (AvgIpc) is 2.63. The largest absolute Gasteiger partial charge is 0.497 e. The van der Waals surface area contributed by atoms with Gasteiger partial charge >= 0.3 is 0 Å². The molecule has 1 saturated heterocycles. The van der Waals surface area contributed by atoms with Gasteiger partial charge in [0.25, 0.3) is 5.91 Å². The zero-order chi connectivity index (χ0) is 17.2. The fraction of sp³-hybridized carbons (Fsp3) is 0.412. The van der Waals surface area contributed by atoms with Gasteiger partial charge in [-0.1, -0.05) is 0 Å². The van der Waals surface area contributed by atoms with E-state index in [4.69, 9.17) is 14.7 Å². The highest BCUT2D eigenvalue weighted by atomic mass is 16.5. The van der Waals surface area contributed by atoms with Gasteiger partial charge in [0.2, 0.25) is 0 Å². The van der Waals surface area contributed by atoms with Crippen LogP contribution in [-0.2, 0) is 9.53 Å². The van der Waals surface area contributed by atoms with Crippen molar-refractivity contribution in [2.75, 3.05) is 51.8 Å². The fourth-order valence-electron chi connectivity index (χ4n) is 2.24. The molecule has 1 amide bonds. The Morgan fingerprint density at radius 2 is 2.08 bits per heavy atom. The van der Waals surface area contributed by atoms with Crippen molar-refractivity contribution in [2.24, 2.45) is 0 Å². The number of nitriles is 1. The van der Waals surface area contributed by atoms with Crippen molar-refractivity contribution < 1.29 is 14.3 Å². The molecule has 0 saturated carbocycles. The molecule has 1 aliphatic rings. The molecule has 1 aromatic carbocycles. The molecule has 0 bridgehead atoms. The first kappa shape index (κ1) is 17.8. The number of carbonyl (C=O) groups excluding carboxylic acids is 1. The molecule has 128 valence electrons. The van der Waals surface area contributed by atoms with E-state index in [0.717, 1.165) is 44.3 Å². The van der Waals surface area contributed by atoms with E-state index < -0.39 is 0 Å². The van der Waals surface area contributed by atoms with Gasteiger partial charge in [0.15, 0.2) is 0 Å². The van der Waals surface area contributed by atoms with Gasteiger partial charge in [-0.15, -0.1) is 0 Å². The number of hydrogen-bond donors (Lipinski definition) is 2. The standard InChI is InChI=1S/C17H22N4O3/c1-23-16-4-2-15(3-5-16)20-13-14(12-18)17(22)19-6-7-21-8-10-24-11-9-21/h2-5,13,20H,6-11H2,1H3,(H,19,22)/b14-13-. The van der Waals surface area contributed by atoms with Gasteiger partial charge in [-0.05, 0) is 24.3 Å². The van der Waals surface area contributed by atoms with E-state index in [9.17, 15) is 4.79 Å². The minimum atomic E-state index is -0.383. The summed E-state index contributed by atoms with van der Waals surface area (Å²) < 4.78 is 10.4. The molecule has 7 heteroatoms. The number of rotatable bonds is 7. The molecular formula is C17H22N4O3. The molecule has 0 aromatic heterocycles. The van der Waals surface area contributed by atoms with E-state index in [2.05, 4.69) is 15.5 Å². The van der Waals surface area contributed by atoms with Crippen LogP contribution in [0.1, 0.15) is 0 Å². The molecular weight excluding hydrogens is 308 g/mol. The van der Waals surface area contributed by atoms with Crippen LogP contribution in [-0.4, -0.2) is 57.3 Å². The monoisotopic (exact) mass is 330 g/mol. The number of ether oxygens (including phenoxy) is 2. The van der Waals surface area contributed by atoms with Crippen LogP contribution in [0.25, 0.3) is 0 Å². The van der Waals surface area contributed by atoms with Gasteiger partial charge in [-0.3, -0.25) is 9.69 Å². The highest BCUT2D eigenvalue weighted by Crippen LogP contribution is 2.15. The molecule has 7 nitrogen and oxygen atoms in total. The molecule has 24 heavy (non-hydrogen) atoms. The van der Waals surface area contributed by atoms with Crippen LogP contribution in [0.15, 0.2) is 36.0 Å². The maximum Gasteiger partial charge on any atom is 0.263 e. The zero-order valence-electron chi connectivity index (χ0n) is 13.7. The Morgan fingerprint density at radius 3 is 2.71 bits per heavy atom. The number of hydrogen-bond acceptors (Lipinski definition) is 6. The Labute approximate surface area is 141 Å². The molecule has 1 aromatic rings. The van der Waals surface area contributed by atoms with Crippen molar-refractivity contribution >= 4 is 11.6 Å². The van der Waals surface area contributed by atoms with Gasteiger partial charge in [0, 0.05) is 38.1 Å². The maximum absolute atomic E-state index is 12.0. The Kier molecular flexibility index (Phi) is 7.08. The predicted molar refractivity (Wildman–Crippen MR) is 90.6 cm³/mol. The first-order valence-electron chi connectivity index (χ1n) is 7.82. The van der Waals surface area contributed by atoms with E-state index in [1.807, 2.05) is 6.07 Å². The Balaban J connectivity index is 1.80. The summed E-state index contributed by atoms with van der Waals surface area (Å²) in [4.78, 5) is 14.2. The third-order valence-corrected chi connectivity index (χ3v) is 3.66. The highest BCUT2D eigenvalue weighted by molar-refractivity contribution is 5.97. The molecule has 0 aliphatic carbocycles. The number of benzene rings is 1. The maximum atomic E-state index is 12.0. The first-order valence-corrected chi connectivity index (χ1v) is 7.82. The summed E-state index contributed by atoms with van der Waals surface area (Å²) in [5.74, 6) is 0.359. The summed E-state index contributed by atoms with van der Waals surface area (Å²) in [5.41, 5.74) is 0.803. The van der Waals surface area contributed by atoms with Crippen LogP contribution in [0.4, 0.5) is 5.69 Å². The van der Waals surface area contributed by atoms with Crippen LogP contribution in [0.2, 0.25) is 0 Å². The SMILES string of the molecule is COc1ccc(N/C=C(/C#N)C(=O)NCCN2CCOCC2)cc1. The fourth-order valence-corrected chi connectivity index (χ4v) is 2.24. The second-order valence-electron chi connectivity index (χ2n) is 5.25. The van der Waals surface area contributed by atoms with Gasteiger partial charge in [-0.25, -0.2) is 0 Å². The quantitative estimate of drug-likeness (QED) is 0.572. The van der Waals surface area contributed by atoms with Gasteiger partial charge in [0.1, 0.15) is 17.4 Å². The van der Waals surface area contributed by atoms with Crippen molar-refractivity contribution in [3.05, 3.63) is 36.0 Å². The molecule has 0 spiro atoms. The number of morpholine rings is 1. The molecule has 0 atom stereocenters. The van der Waals surface area contributed by atoms with E-state index in [0.29, 0.717) is 6.54 Å². The average molecular weight is 330 g/mol. The van der Waals surface area contributed by atoms with Crippen molar-refractivity contribution in [3.8, 4) is 11.8 Å². The minimum Gasteiger partial charge on any atom is -0.497 e. The summed E-state index contributed by atoms with van der Waals surface area (Å²) in [6.45, 7) is 4.44. The predicted octanol–water partition coefficient (Wildman–Crippen LogP) is 0.963. The number of nitrogens with one attached hydrogen (secondary N) is 2. The van der Waals surface area contributed by atoms with E-state index in [1.54, 1.807) is 31.4 Å². The second-order valence-corrected chi connectivity index (χ2v) is 5.25. The lowest BCUT2D eigenvalue weighted by Crippen LogP contribution is -2.41. The topological polar surface area (TPSA) is 86.6 Å². The van der Waals surface area contributed by atoms with Crippen LogP contribution >= 0.6 is 0 Å². The third-order valence-electron chi connectivity index (χ3n) is 3.66.